The van der Waals surface area contributed by atoms with Gasteiger partial charge in [0.25, 0.3) is 5.91 Å². The van der Waals surface area contributed by atoms with Crippen molar-refractivity contribution in [1.82, 2.24) is 15.2 Å². The van der Waals surface area contributed by atoms with Gasteiger partial charge < -0.3 is 15.0 Å². The first kappa shape index (κ1) is 19.4. The van der Waals surface area contributed by atoms with Crippen molar-refractivity contribution in [2.24, 2.45) is 5.92 Å². The highest BCUT2D eigenvalue weighted by molar-refractivity contribution is 9.10. The number of nitrogens with zero attached hydrogens (tertiary/aromatic N) is 2. The number of halogens is 1. The van der Waals surface area contributed by atoms with Crippen LogP contribution in [0.25, 0.3) is 0 Å². The molecular weight excluding hydrogens is 410 g/mol. The zero-order valence-electron chi connectivity index (χ0n) is 14.9. The van der Waals surface area contributed by atoms with Gasteiger partial charge in [-0.3, -0.25) is 4.79 Å². The standard InChI is InChI=1S/C20H22BrN3O3/c21-17-6-7-18(22-13-17)19(25)23-12-15-8-10-24(11-9-15)20(26)27-14-16-4-2-1-3-5-16/h1-7,13,15H,8-12,14H2,(H,23,25). The molecule has 0 aliphatic carbocycles. The maximum Gasteiger partial charge on any atom is 0.410 e. The molecule has 0 saturated carbocycles. The van der Waals surface area contributed by atoms with Crippen molar-refractivity contribution in [2.75, 3.05) is 19.6 Å². The van der Waals surface area contributed by atoms with Crippen molar-refractivity contribution >= 4 is 27.9 Å². The summed E-state index contributed by atoms with van der Waals surface area (Å²) in [6.07, 6.45) is 3.01. The molecule has 0 unspecified atom stereocenters. The molecule has 7 heteroatoms. The molecule has 0 bridgehead atoms. The number of hydrogen-bond donors (Lipinski definition) is 1. The molecule has 1 saturated heterocycles. The molecule has 0 spiro atoms. The molecule has 0 radical (unpaired) electrons. The average Bonchev–Trinajstić information content (AvgIpc) is 2.72. The topological polar surface area (TPSA) is 71.5 Å². The molecule has 1 aliphatic rings. The van der Waals surface area contributed by atoms with Crippen molar-refractivity contribution in [2.45, 2.75) is 19.4 Å². The number of amides is 2. The third kappa shape index (κ3) is 5.79. The maximum absolute atomic E-state index is 12.2. The number of piperidine rings is 1. The number of carbonyl (C=O) groups is 2. The normalized spacial score (nSPS) is 14.6. The van der Waals surface area contributed by atoms with Crippen molar-refractivity contribution in [3.8, 4) is 0 Å². The number of benzene rings is 1. The summed E-state index contributed by atoms with van der Waals surface area (Å²) < 4.78 is 6.21. The van der Waals surface area contributed by atoms with Gasteiger partial charge in [0, 0.05) is 30.3 Å². The third-order valence-corrected chi connectivity index (χ3v) is 5.06. The van der Waals surface area contributed by atoms with Crippen molar-refractivity contribution in [1.29, 1.82) is 0 Å². The number of pyridine rings is 1. The Kier molecular flexibility index (Phi) is 6.81. The lowest BCUT2D eigenvalue weighted by molar-refractivity contribution is 0.0800. The van der Waals surface area contributed by atoms with Crippen LogP contribution in [0.5, 0.6) is 0 Å². The second-order valence-corrected chi connectivity index (χ2v) is 7.46. The van der Waals surface area contributed by atoms with E-state index in [0.29, 0.717) is 31.2 Å². The summed E-state index contributed by atoms with van der Waals surface area (Å²) in [5.74, 6) is 0.176. The number of hydrogen-bond acceptors (Lipinski definition) is 4. The van der Waals surface area contributed by atoms with Gasteiger partial charge in [-0.1, -0.05) is 30.3 Å². The number of rotatable bonds is 5. The van der Waals surface area contributed by atoms with Gasteiger partial charge in [0.2, 0.25) is 0 Å². The fourth-order valence-corrected chi connectivity index (χ4v) is 3.20. The minimum absolute atomic E-state index is 0.174. The lowest BCUT2D eigenvalue weighted by Gasteiger charge is -2.31. The summed E-state index contributed by atoms with van der Waals surface area (Å²) in [6.45, 7) is 2.16. The van der Waals surface area contributed by atoms with Crippen LogP contribution >= 0.6 is 15.9 Å². The minimum Gasteiger partial charge on any atom is -0.445 e. The minimum atomic E-state index is -0.277. The number of nitrogens with one attached hydrogen (secondary N) is 1. The first-order valence-corrected chi connectivity index (χ1v) is 9.76. The zero-order valence-corrected chi connectivity index (χ0v) is 16.5. The largest absolute Gasteiger partial charge is 0.445 e. The molecule has 1 N–H and O–H groups in total. The van der Waals surface area contributed by atoms with E-state index in [4.69, 9.17) is 4.74 Å². The van der Waals surface area contributed by atoms with Crippen LogP contribution in [0.3, 0.4) is 0 Å². The predicted octanol–water partition coefficient (Wildman–Crippen LogP) is 3.62. The van der Waals surface area contributed by atoms with E-state index in [9.17, 15) is 9.59 Å². The maximum atomic E-state index is 12.2. The van der Waals surface area contributed by atoms with Gasteiger partial charge in [-0.25, -0.2) is 9.78 Å². The number of likely N-dealkylation sites (tertiary alicyclic amines) is 1. The number of aromatic nitrogens is 1. The SMILES string of the molecule is O=C(NCC1CCN(C(=O)OCc2ccccc2)CC1)c1ccc(Br)cn1. The van der Waals surface area contributed by atoms with Gasteiger partial charge in [-0.2, -0.15) is 0 Å². The lowest BCUT2D eigenvalue weighted by Crippen LogP contribution is -2.41. The fourth-order valence-electron chi connectivity index (χ4n) is 2.97. The van der Waals surface area contributed by atoms with Gasteiger partial charge in [-0.05, 0) is 52.4 Å². The lowest BCUT2D eigenvalue weighted by atomic mass is 9.97. The van der Waals surface area contributed by atoms with Gasteiger partial charge in [0.05, 0.1) is 0 Å². The van der Waals surface area contributed by atoms with Crippen LogP contribution in [-0.2, 0) is 11.3 Å². The molecular formula is C20H22BrN3O3. The monoisotopic (exact) mass is 431 g/mol. The summed E-state index contributed by atoms with van der Waals surface area (Å²) in [6, 6.07) is 13.1. The molecule has 1 aromatic heterocycles. The quantitative estimate of drug-likeness (QED) is 0.784. The van der Waals surface area contributed by atoms with E-state index in [1.54, 1.807) is 23.2 Å². The van der Waals surface area contributed by atoms with Crippen LogP contribution in [-0.4, -0.2) is 41.5 Å². The molecule has 1 fully saturated rings. The first-order chi connectivity index (χ1) is 13.1. The van der Waals surface area contributed by atoms with E-state index in [1.807, 2.05) is 30.3 Å². The second kappa shape index (κ2) is 9.50. The Hall–Kier alpha value is -2.41. The Balaban J connectivity index is 1.37. The first-order valence-electron chi connectivity index (χ1n) is 8.97. The zero-order chi connectivity index (χ0) is 19.1. The highest BCUT2D eigenvalue weighted by Crippen LogP contribution is 2.18. The highest BCUT2D eigenvalue weighted by Gasteiger charge is 2.24. The second-order valence-electron chi connectivity index (χ2n) is 6.54. The summed E-state index contributed by atoms with van der Waals surface area (Å²) in [7, 11) is 0. The summed E-state index contributed by atoms with van der Waals surface area (Å²) in [5.41, 5.74) is 1.38. The molecule has 1 aromatic carbocycles. The van der Waals surface area contributed by atoms with Crippen LogP contribution in [0.1, 0.15) is 28.9 Å². The van der Waals surface area contributed by atoms with E-state index in [2.05, 4.69) is 26.2 Å². The number of ether oxygens (including phenoxy) is 1. The molecule has 27 heavy (non-hydrogen) atoms. The third-order valence-electron chi connectivity index (χ3n) is 4.59. The van der Waals surface area contributed by atoms with Crippen LogP contribution in [0.15, 0.2) is 53.1 Å². The fraction of sp³-hybridized carbons (Fsp3) is 0.350. The summed E-state index contributed by atoms with van der Waals surface area (Å²) >= 11 is 3.30. The Bertz CT molecular complexity index is 760. The van der Waals surface area contributed by atoms with E-state index < -0.39 is 0 Å². The average molecular weight is 432 g/mol. The van der Waals surface area contributed by atoms with E-state index in [1.165, 1.54) is 0 Å². The molecule has 1 aliphatic heterocycles. The summed E-state index contributed by atoms with van der Waals surface area (Å²) in [4.78, 5) is 30.1. The van der Waals surface area contributed by atoms with Gasteiger partial charge in [0.1, 0.15) is 12.3 Å². The van der Waals surface area contributed by atoms with E-state index in [-0.39, 0.29) is 18.6 Å². The van der Waals surface area contributed by atoms with Crippen LogP contribution in [0.2, 0.25) is 0 Å². The molecule has 2 heterocycles. The Labute approximate surface area is 167 Å². The molecule has 6 nitrogen and oxygen atoms in total. The van der Waals surface area contributed by atoms with Crippen molar-refractivity contribution in [3.63, 3.8) is 0 Å². The van der Waals surface area contributed by atoms with Crippen molar-refractivity contribution in [3.05, 3.63) is 64.4 Å². The predicted molar refractivity (Wildman–Crippen MR) is 105 cm³/mol. The van der Waals surface area contributed by atoms with Crippen molar-refractivity contribution < 1.29 is 14.3 Å². The number of carbonyl (C=O) groups excluding carboxylic acids is 2. The van der Waals surface area contributed by atoms with Crippen LogP contribution < -0.4 is 5.32 Å². The molecule has 0 atom stereocenters. The van der Waals surface area contributed by atoms with Crippen LogP contribution in [0.4, 0.5) is 4.79 Å². The van der Waals surface area contributed by atoms with E-state index >= 15 is 0 Å². The Morgan fingerprint density at radius 3 is 2.56 bits per heavy atom. The molecule has 2 aromatic rings. The van der Waals surface area contributed by atoms with E-state index in [0.717, 1.165) is 22.9 Å². The molecule has 142 valence electrons. The molecule has 3 rings (SSSR count). The van der Waals surface area contributed by atoms with Gasteiger partial charge in [0.15, 0.2) is 0 Å². The smallest absolute Gasteiger partial charge is 0.410 e. The Morgan fingerprint density at radius 1 is 1.15 bits per heavy atom. The molecule has 2 amide bonds. The van der Waals surface area contributed by atoms with Gasteiger partial charge in [-0.15, -0.1) is 0 Å². The van der Waals surface area contributed by atoms with Crippen LogP contribution in [0, 0.1) is 5.92 Å². The Morgan fingerprint density at radius 2 is 1.89 bits per heavy atom. The highest BCUT2D eigenvalue weighted by atomic mass is 79.9. The summed E-state index contributed by atoms with van der Waals surface area (Å²) in [5, 5.41) is 2.93. The van der Waals surface area contributed by atoms with Gasteiger partial charge >= 0.3 is 6.09 Å².